The molecule has 0 radical (unpaired) electrons. The van der Waals surface area contributed by atoms with Gasteiger partial charge in [0.05, 0.1) is 18.3 Å². The highest BCUT2D eigenvalue weighted by molar-refractivity contribution is 6.07. The molecule has 0 aliphatic carbocycles. The van der Waals surface area contributed by atoms with Crippen LogP contribution in [-0.2, 0) is 11.3 Å². The zero-order valence-corrected chi connectivity index (χ0v) is 15.3. The maximum atomic E-state index is 11.5. The lowest BCUT2D eigenvalue weighted by Crippen LogP contribution is -2.47. The van der Waals surface area contributed by atoms with Gasteiger partial charge in [0, 0.05) is 42.2 Å². The molecule has 1 aliphatic rings. The van der Waals surface area contributed by atoms with E-state index in [4.69, 9.17) is 5.73 Å². The second-order valence-corrected chi connectivity index (χ2v) is 7.16. The van der Waals surface area contributed by atoms with Crippen LogP contribution in [0.5, 0.6) is 0 Å². The summed E-state index contributed by atoms with van der Waals surface area (Å²) in [6.07, 6.45) is 3.61. The Morgan fingerprint density at radius 1 is 1.04 bits per heavy atom. The summed E-state index contributed by atoms with van der Waals surface area (Å²) in [5, 5.41) is 4.91. The van der Waals surface area contributed by atoms with Gasteiger partial charge in [-0.2, -0.15) is 0 Å². The zero-order chi connectivity index (χ0) is 19.1. The lowest BCUT2D eigenvalue weighted by atomic mass is 10.0. The summed E-state index contributed by atoms with van der Waals surface area (Å²) in [5.41, 5.74) is 10.9. The number of amides is 1. The Morgan fingerprint density at radius 3 is 2.71 bits per heavy atom. The van der Waals surface area contributed by atoms with Crippen LogP contribution in [0, 0.1) is 0 Å². The number of hydrogen-bond acceptors (Lipinski definition) is 5. The smallest absolute Gasteiger partial charge is 0.234 e. The second-order valence-electron chi connectivity index (χ2n) is 7.16. The maximum Gasteiger partial charge on any atom is 0.234 e. The van der Waals surface area contributed by atoms with Crippen molar-refractivity contribution in [3.05, 3.63) is 54.4 Å². The normalized spacial score (nSPS) is 15.2. The summed E-state index contributed by atoms with van der Waals surface area (Å²) in [6.45, 7) is 2.83. The molecule has 1 saturated heterocycles. The van der Waals surface area contributed by atoms with Gasteiger partial charge in [0.1, 0.15) is 11.5 Å². The van der Waals surface area contributed by atoms with E-state index in [1.807, 2.05) is 12.3 Å². The van der Waals surface area contributed by atoms with Gasteiger partial charge in [0.15, 0.2) is 0 Å². The van der Waals surface area contributed by atoms with Crippen LogP contribution >= 0.6 is 0 Å². The van der Waals surface area contributed by atoms with E-state index in [1.165, 1.54) is 5.56 Å². The molecule has 4 heterocycles. The van der Waals surface area contributed by atoms with Crippen LogP contribution in [0.3, 0.4) is 0 Å². The second kappa shape index (κ2) is 6.61. The molecule has 0 spiro atoms. The number of carbonyl (C=O) groups is 1. The van der Waals surface area contributed by atoms with E-state index < -0.39 is 0 Å². The number of nitrogens with one attached hydrogen (secondary N) is 2. The minimum Gasteiger partial charge on any atom is -0.384 e. The number of aromatic nitrogens is 3. The first-order valence-corrected chi connectivity index (χ1v) is 9.27. The number of piperazine rings is 1. The first-order chi connectivity index (χ1) is 13.7. The first kappa shape index (κ1) is 16.7. The third kappa shape index (κ3) is 3.05. The van der Waals surface area contributed by atoms with Crippen molar-refractivity contribution in [3.63, 3.8) is 0 Å². The van der Waals surface area contributed by atoms with Gasteiger partial charge < -0.3 is 16.0 Å². The van der Waals surface area contributed by atoms with Crippen LogP contribution in [0.25, 0.3) is 33.1 Å². The van der Waals surface area contributed by atoms with Crippen molar-refractivity contribution in [2.45, 2.75) is 6.54 Å². The predicted octanol–water partition coefficient (Wildman–Crippen LogP) is 2.29. The number of rotatable bonds is 3. The van der Waals surface area contributed by atoms with E-state index in [0.717, 1.165) is 46.2 Å². The SMILES string of the molecule is Nc1cc2c(cn1)[nH]c1ncc(-c3ccc(CN4CCNC(=O)C4)cc3)cc12. The van der Waals surface area contributed by atoms with Gasteiger partial charge in [-0.05, 0) is 23.3 Å². The molecule has 5 rings (SSSR count). The standard InChI is InChI=1S/C21H20N6O/c22-19-8-16-17-7-15(9-25-21(17)26-18(16)10-24-19)14-3-1-13(2-4-14)11-27-6-5-23-20(28)12-27/h1-4,7-10H,5-6,11-12H2,(H2,22,24)(H,23,28)(H,25,26). The Balaban J connectivity index is 1.44. The number of anilines is 1. The number of nitrogens with two attached hydrogens (primary N) is 1. The molecule has 0 unspecified atom stereocenters. The molecular formula is C21H20N6O. The van der Waals surface area contributed by atoms with Crippen molar-refractivity contribution in [3.8, 4) is 11.1 Å². The molecule has 4 aromatic rings. The van der Waals surface area contributed by atoms with Crippen LogP contribution in [-0.4, -0.2) is 45.4 Å². The van der Waals surface area contributed by atoms with Crippen LogP contribution < -0.4 is 11.1 Å². The van der Waals surface area contributed by atoms with Gasteiger partial charge in [0.25, 0.3) is 0 Å². The van der Waals surface area contributed by atoms with Gasteiger partial charge in [-0.25, -0.2) is 9.97 Å². The summed E-state index contributed by atoms with van der Waals surface area (Å²) in [6, 6.07) is 12.4. The fourth-order valence-electron chi connectivity index (χ4n) is 3.74. The molecule has 140 valence electrons. The third-order valence-electron chi connectivity index (χ3n) is 5.17. The van der Waals surface area contributed by atoms with Crippen LogP contribution in [0.4, 0.5) is 5.82 Å². The Labute approximate surface area is 161 Å². The molecule has 7 heteroatoms. The monoisotopic (exact) mass is 372 g/mol. The van der Waals surface area contributed by atoms with Gasteiger partial charge in [-0.3, -0.25) is 9.69 Å². The van der Waals surface area contributed by atoms with E-state index in [2.05, 4.69) is 55.5 Å². The molecule has 1 fully saturated rings. The minimum atomic E-state index is 0.0943. The number of hydrogen-bond donors (Lipinski definition) is 3. The molecule has 1 amide bonds. The summed E-state index contributed by atoms with van der Waals surface area (Å²) >= 11 is 0. The summed E-state index contributed by atoms with van der Waals surface area (Å²) in [5.74, 6) is 0.589. The summed E-state index contributed by atoms with van der Waals surface area (Å²) in [7, 11) is 0. The molecule has 28 heavy (non-hydrogen) atoms. The number of nitrogens with zero attached hydrogens (tertiary/aromatic N) is 3. The highest BCUT2D eigenvalue weighted by atomic mass is 16.2. The number of benzene rings is 1. The van der Waals surface area contributed by atoms with Crippen molar-refractivity contribution in [1.82, 2.24) is 25.2 Å². The van der Waals surface area contributed by atoms with E-state index in [1.54, 1.807) is 6.20 Å². The average molecular weight is 372 g/mol. The fourth-order valence-corrected chi connectivity index (χ4v) is 3.74. The van der Waals surface area contributed by atoms with Crippen molar-refractivity contribution >= 4 is 33.7 Å². The van der Waals surface area contributed by atoms with Gasteiger partial charge in [0.2, 0.25) is 5.91 Å². The molecule has 1 aliphatic heterocycles. The predicted molar refractivity (Wildman–Crippen MR) is 110 cm³/mol. The van der Waals surface area contributed by atoms with Crippen molar-refractivity contribution in [2.24, 2.45) is 0 Å². The fraction of sp³-hybridized carbons (Fsp3) is 0.190. The molecule has 1 aromatic carbocycles. The maximum absolute atomic E-state index is 11.5. The van der Waals surface area contributed by atoms with E-state index in [-0.39, 0.29) is 5.91 Å². The van der Waals surface area contributed by atoms with Gasteiger partial charge >= 0.3 is 0 Å². The molecular weight excluding hydrogens is 352 g/mol. The molecule has 3 aromatic heterocycles. The molecule has 0 bridgehead atoms. The Morgan fingerprint density at radius 2 is 1.89 bits per heavy atom. The Hall–Kier alpha value is -3.45. The third-order valence-corrected chi connectivity index (χ3v) is 5.17. The number of aromatic amines is 1. The summed E-state index contributed by atoms with van der Waals surface area (Å²) in [4.78, 5) is 25.7. The lowest BCUT2D eigenvalue weighted by molar-refractivity contribution is -0.124. The van der Waals surface area contributed by atoms with Crippen molar-refractivity contribution in [1.29, 1.82) is 0 Å². The van der Waals surface area contributed by atoms with Crippen LogP contribution in [0.2, 0.25) is 0 Å². The van der Waals surface area contributed by atoms with E-state index in [9.17, 15) is 4.79 Å². The van der Waals surface area contributed by atoms with Crippen LogP contribution in [0.1, 0.15) is 5.56 Å². The molecule has 4 N–H and O–H groups in total. The van der Waals surface area contributed by atoms with E-state index >= 15 is 0 Å². The average Bonchev–Trinajstić information content (AvgIpc) is 3.06. The number of H-pyrrole nitrogens is 1. The van der Waals surface area contributed by atoms with E-state index in [0.29, 0.717) is 18.9 Å². The minimum absolute atomic E-state index is 0.0943. The number of nitrogen functional groups attached to an aromatic ring is 1. The Bertz CT molecular complexity index is 1180. The van der Waals surface area contributed by atoms with Crippen LogP contribution in [0.15, 0.2) is 48.8 Å². The quantitative estimate of drug-likeness (QED) is 0.512. The molecule has 0 saturated carbocycles. The number of fused-ring (bicyclic) bond motifs is 3. The topological polar surface area (TPSA) is 99.9 Å². The van der Waals surface area contributed by atoms with Crippen molar-refractivity contribution in [2.75, 3.05) is 25.4 Å². The van der Waals surface area contributed by atoms with Crippen molar-refractivity contribution < 1.29 is 4.79 Å². The number of pyridine rings is 2. The molecule has 0 atom stereocenters. The first-order valence-electron chi connectivity index (χ1n) is 9.27. The summed E-state index contributed by atoms with van der Waals surface area (Å²) < 4.78 is 0. The highest BCUT2D eigenvalue weighted by Gasteiger charge is 2.16. The molecule has 7 nitrogen and oxygen atoms in total. The van der Waals surface area contributed by atoms with Gasteiger partial charge in [-0.1, -0.05) is 24.3 Å². The number of carbonyl (C=O) groups excluding carboxylic acids is 1. The lowest BCUT2D eigenvalue weighted by Gasteiger charge is -2.26. The van der Waals surface area contributed by atoms with Gasteiger partial charge in [-0.15, -0.1) is 0 Å². The Kier molecular flexibility index (Phi) is 3.95. The largest absolute Gasteiger partial charge is 0.384 e. The highest BCUT2D eigenvalue weighted by Crippen LogP contribution is 2.29. The zero-order valence-electron chi connectivity index (χ0n) is 15.3.